The Morgan fingerprint density at radius 2 is 2.00 bits per heavy atom. The van der Waals surface area contributed by atoms with Crippen LogP contribution in [0, 0.1) is 6.92 Å². The summed E-state index contributed by atoms with van der Waals surface area (Å²) < 4.78 is 0. The second-order valence-corrected chi connectivity index (χ2v) is 5.44. The summed E-state index contributed by atoms with van der Waals surface area (Å²) in [5.74, 6) is 0. The fraction of sp³-hybridized carbons (Fsp3) is 0.667. The van der Waals surface area contributed by atoms with E-state index in [1.165, 1.54) is 38.5 Å². The molecule has 0 aliphatic rings. The predicted molar refractivity (Wildman–Crippen MR) is 80.4 cm³/mol. The van der Waals surface area contributed by atoms with Crippen molar-refractivity contribution in [1.29, 1.82) is 0 Å². The van der Waals surface area contributed by atoms with Crippen molar-refractivity contribution < 1.29 is 0 Å². The average Bonchev–Trinajstić information content (AvgIpc) is 2.34. The molecule has 3 heteroatoms. The maximum atomic E-state index is 5.91. The number of nitrogens with one attached hydrogen (secondary N) is 1. The van der Waals surface area contributed by atoms with Crippen molar-refractivity contribution in [3.05, 3.63) is 23.0 Å². The van der Waals surface area contributed by atoms with Crippen LogP contribution in [0.5, 0.6) is 0 Å². The van der Waals surface area contributed by atoms with Crippen LogP contribution in [0.25, 0.3) is 0 Å². The lowest BCUT2D eigenvalue weighted by atomic mass is 10.1. The van der Waals surface area contributed by atoms with Gasteiger partial charge in [-0.2, -0.15) is 0 Å². The highest BCUT2D eigenvalue weighted by atomic mass is 35.5. The largest absolute Gasteiger partial charge is 0.381 e. The third-order valence-electron chi connectivity index (χ3n) is 3.17. The molecular weight excluding hydrogens is 244 g/mol. The highest BCUT2D eigenvalue weighted by molar-refractivity contribution is 6.30. The molecule has 0 aliphatic carbocycles. The van der Waals surface area contributed by atoms with Gasteiger partial charge in [-0.1, -0.05) is 50.6 Å². The third kappa shape index (κ3) is 5.72. The van der Waals surface area contributed by atoms with Crippen LogP contribution in [-0.4, -0.2) is 11.0 Å². The number of rotatable bonds is 8. The molecule has 0 bridgehead atoms. The van der Waals surface area contributed by atoms with Crippen molar-refractivity contribution in [2.24, 2.45) is 0 Å². The summed E-state index contributed by atoms with van der Waals surface area (Å²) in [4.78, 5) is 4.16. The monoisotopic (exact) mass is 268 g/mol. The minimum atomic E-state index is 0.494. The van der Waals surface area contributed by atoms with Gasteiger partial charge in [-0.05, 0) is 31.9 Å². The van der Waals surface area contributed by atoms with Crippen LogP contribution in [0.2, 0.25) is 5.15 Å². The van der Waals surface area contributed by atoms with Gasteiger partial charge in [0.25, 0.3) is 0 Å². The zero-order valence-electron chi connectivity index (χ0n) is 11.8. The number of pyridine rings is 1. The standard InChI is InChI=1S/C15H25ClN2/c1-4-5-6-7-8-9-13(3)18-14-10-12(2)15(16)17-11-14/h10-11,13,18H,4-9H2,1-3H3. The molecule has 1 atom stereocenters. The van der Waals surface area contributed by atoms with E-state index < -0.39 is 0 Å². The van der Waals surface area contributed by atoms with Crippen molar-refractivity contribution in [3.8, 4) is 0 Å². The molecule has 1 heterocycles. The molecule has 0 radical (unpaired) electrons. The second kappa shape index (κ2) is 8.36. The molecule has 18 heavy (non-hydrogen) atoms. The molecule has 1 aromatic rings. The van der Waals surface area contributed by atoms with Crippen LogP contribution in [-0.2, 0) is 0 Å². The molecule has 0 fully saturated rings. The number of unbranched alkanes of at least 4 members (excludes halogenated alkanes) is 4. The van der Waals surface area contributed by atoms with Crippen LogP contribution in [0.1, 0.15) is 57.9 Å². The molecule has 1 N–H and O–H groups in total. The minimum absolute atomic E-state index is 0.494. The van der Waals surface area contributed by atoms with E-state index in [0.29, 0.717) is 11.2 Å². The highest BCUT2D eigenvalue weighted by Crippen LogP contribution is 2.18. The van der Waals surface area contributed by atoms with E-state index in [1.54, 1.807) is 0 Å². The van der Waals surface area contributed by atoms with Crippen LogP contribution in [0.3, 0.4) is 0 Å². The molecule has 2 nitrogen and oxygen atoms in total. The first-order valence-corrected chi connectivity index (χ1v) is 7.40. The van der Waals surface area contributed by atoms with Crippen molar-refractivity contribution in [2.45, 2.75) is 65.3 Å². The number of hydrogen-bond acceptors (Lipinski definition) is 2. The molecule has 0 spiro atoms. The van der Waals surface area contributed by atoms with Gasteiger partial charge < -0.3 is 5.32 Å². The van der Waals surface area contributed by atoms with Gasteiger partial charge in [-0.25, -0.2) is 4.98 Å². The van der Waals surface area contributed by atoms with Crippen molar-refractivity contribution in [3.63, 3.8) is 0 Å². The Morgan fingerprint density at radius 3 is 2.67 bits per heavy atom. The van der Waals surface area contributed by atoms with Crippen LogP contribution < -0.4 is 5.32 Å². The van der Waals surface area contributed by atoms with Gasteiger partial charge in [-0.15, -0.1) is 0 Å². The van der Waals surface area contributed by atoms with Crippen molar-refractivity contribution >= 4 is 17.3 Å². The lowest BCUT2D eigenvalue weighted by Crippen LogP contribution is -2.15. The van der Waals surface area contributed by atoms with Gasteiger partial charge in [0.2, 0.25) is 0 Å². The smallest absolute Gasteiger partial charge is 0.132 e. The van der Waals surface area contributed by atoms with Gasteiger partial charge in [0.05, 0.1) is 11.9 Å². The van der Waals surface area contributed by atoms with Gasteiger partial charge in [0, 0.05) is 6.04 Å². The Bertz CT molecular complexity index is 352. The van der Waals surface area contributed by atoms with E-state index >= 15 is 0 Å². The second-order valence-electron chi connectivity index (χ2n) is 5.08. The zero-order chi connectivity index (χ0) is 13.4. The molecule has 0 aromatic carbocycles. The number of aromatic nitrogens is 1. The van der Waals surface area contributed by atoms with E-state index in [0.717, 1.165) is 11.3 Å². The molecule has 0 aliphatic heterocycles. The van der Waals surface area contributed by atoms with Crippen LogP contribution in [0.15, 0.2) is 12.3 Å². The van der Waals surface area contributed by atoms with Crippen LogP contribution in [0.4, 0.5) is 5.69 Å². The maximum Gasteiger partial charge on any atom is 0.132 e. The van der Waals surface area contributed by atoms with E-state index in [1.807, 2.05) is 13.1 Å². The Hall–Kier alpha value is -0.760. The number of hydrogen-bond donors (Lipinski definition) is 1. The van der Waals surface area contributed by atoms with Gasteiger partial charge in [0.1, 0.15) is 5.15 Å². The van der Waals surface area contributed by atoms with E-state index in [2.05, 4.69) is 30.2 Å². The molecule has 1 unspecified atom stereocenters. The number of halogens is 1. The SMILES string of the molecule is CCCCCCCC(C)Nc1cnc(Cl)c(C)c1. The molecule has 102 valence electrons. The molecular formula is C15H25ClN2. The summed E-state index contributed by atoms with van der Waals surface area (Å²) >= 11 is 5.91. The van der Waals surface area contributed by atoms with Gasteiger partial charge in [-0.3, -0.25) is 0 Å². The summed E-state index contributed by atoms with van der Waals surface area (Å²) in [6, 6.07) is 2.55. The summed E-state index contributed by atoms with van der Waals surface area (Å²) in [5.41, 5.74) is 2.09. The lowest BCUT2D eigenvalue weighted by molar-refractivity contribution is 0.578. The first kappa shape index (κ1) is 15.3. The van der Waals surface area contributed by atoms with Crippen LogP contribution >= 0.6 is 11.6 Å². The lowest BCUT2D eigenvalue weighted by Gasteiger charge is -2.15. The maximum absolute atomic E-state index is 5.91. The molecule has 0 saturated heterocycles. The topological polar surface area (TPSA) is 24.9 Å². The Kier molecular flexibility index (Phi) is 7.11. The minimum Gasteiger partial charge on any atom is -0.381 e. The first-order chi connectivity index (χ1) is 8.63. The molecule has 0 amide bonds. The van der Waals surface area contributed by atoms with E-state index in [4.69, 9.17) is 11.6 Å². The van der Waals surface area contributed by atoms with Crippen molar-refractivity contribution in [1.82, 2.24) is 4.98 Å². The normalized spacial score (nSPS) is 12.4. The zero-order valence-corrected chi connectivity index (χ0v) is 12.6. The van der Waals surface area contributed by atoms with E-state index in [-0.39, 0.29) is 0 Å². The summed E-state index contributed by atoms with van der Waals surface area (Å²) in [6.07, 6.45) is 9.71. The fourth-order valence-electron chi connectivity index (χ4n) is 2.05. The highest BCUT2D eigenvalue weighted by Gasteiger charge is 2.04. The fourth-order valence-corrected chi connectivity index (χ4v) is 2.15. The van der Waals surface area contributed by atoms with Gasteiger partial charge >= 0.3 is 0 Å². The molecule has 0 saturated carbocycles. The Labute approximate surface area is 116 Å². The number of anilines is 1. The number of nitrogens with zero attached hydrogens (tertiary/aromatic N) is 1. The Balaban J connectivity index is 2.26. The first-order valence-electron chi connectivity index (χ1n) is 7.02. The number of aryl methyl sites for hydroxylation is 1. The molecule has 1 aromatic heterocycles. The van der Waals surface area contributed by atoms with E-state index in [9.17, 15) is 0 Å². The summed E-state index contributed by atoms with van der Waals surface area (Å²) in [5, 5.41) is 4.07. The summed E-state index contributed by atoms with van der Waals surface area (Å²) in [7, 11) is 0. The van der Waals surface area contributed by atoms with Gasteiger partial charge in [0.15, 0.2) is 0 Å². The third-order valence-corrected chi connectivity index (χ3v) is 3.56. The predicted octanol–water partition coefficient (Wildman–Crippen LogP) is 5.20. The quantitative estimate of drug-likeness (QED) is 0.517. The van der Waals surface area contributed by atoms with Crippen molar-refractivity contribution in [2.75, 3.05) is 5.32 Å². The Morgan fingerprint density at radius 1 is 1.28 bits per heavy atom. The molecule has 1 rings (SSSR count). The summed E-state index contributed by atoms with van der Waals surface area (Å²) in [6.45, 7) is 6.46. The average molecular weight is 269 g/mol.